The number of carbonyl (C=O) groups is 3. The monoisotopic (exact) mass is 515 g/mol. The number of anilines is 2. The van der Waals surface area contributed by atoms with Crippen molar-refractivity contribution in [1.82, 2.24) is 5.32 Å². The molecule has 7 nitrogen and oxygen atoms in total. The van der Waals surface area contributed by atoms with Gasteiger partial charge in [0.2, 0.25) is 17.7 Å². The number of nitrogens with one attached hydrogen (secondary N) is 2. The lowest BCUT2D eigenvalue weighted by Gasteiger charge is -2.32. The Morgan fingerprint density at radius 3 is 2.36 bits per heavy atom. The molecule has 1 aliphatic rings. The van der Waals surface area contributed by atoms with Crippen molar-refractivity contribution in [2.75, 3.05) is 21.7 Å². The summed E-state index contributed by atoms with van der Waals surface area (Å²) in [5, 5.41) is 5.62. The molecule has 0 bridgehead atoms. The van der Waals surface area contributed by atoms with Crippen molar-refractivity contribution in [3.63, 3.8) is 0 Å². The van der Waals surface area contributed by atoms with Gasteiger partial charge in [0.25, 0.3) is 0 Å². The molecule has 3 amide bonds. The Morgan fingerprint density at radius 2 is 1.69 bits per heavy atom. The average Bonchev–Trinajstić information content (AvgIpc) is 2.83. The van der Waals surface area contributed by atoms with Crippen molar-refractivity contribution in [3.05, 3.63) is 59.4 Å². The van der Waals surface area contributed by atoms with Gasteiger partial charge >= 0.3 is 0 Å². The van der Waals surface area contributed by atoms with E-state index in [0.717, 1.165) is 43.2 Å². The molecule has 0 aromatic heterocycles. The number of benzene rings is 2. The van der Waals surface area contributed by atoms with Gasteiger partial charge in [-0.1, -0.05) is 31.4 Å². The Kier molecular flexibility index (Phi) is 9.75. The first-order valence-corrected chi connectivity index (χ1v) is 13.7. The molecule has 1 fully saturated rings. The molecular formula is C27H34FN3O4S. The van der Waals surface area contributed by atoms with E-state index in [1.54, 1.807) is 6.92 Å². The highest BCUT2D eigenvalue weighted by Gasteiger charge is 2.31. The molecule has 1 saturated carbocycles. The van der Waals surface area contributed by atoms with E-state index in [1.807, 2.05) is 32.0 Å². The third-order valence-corrected chi connectivity index (χ3v) is 7.47. The van der Waals surface area contributed by atoms with Crippen molar-refractivity contribution in [1.29, 1.82) is 0 Å². The molecule has 2 N–H and O–H groups in total. The Bertz CT molecular complexity index is 1120. The average molecular weight is 516 g/mol. The van der Waals surface area contributed by atoms with Crippen molar-refractivity contribution >= 4 is 39.9 Å². The number of rotatable bonds is 9. The van der Waals surface area contributed by atoms with E-state index < -0.39 is 46.0 Å². The molecule has 1 aliphatic carbocycles. The first-order chi connectivity index (χ1) is 17.1. The third kappa shape index (κ3) is 7.71. The molecule has 2 aromatic carbocycles. The number of aryl methyl sites for hydroxylation is 2. The lowest BCUT2D eigenvalue weighted by molar-refractivity contribution is -0.126. The van der Waals surface area contributed by atoms with Crippen molar-refractivity contribution in [2.45, 2.75) is 65.0 Å². The van der Waals surface area contributed by atoms with Crippen LogP contribution in [0.25, 0.3) is 0 Å². The standard InChI is InChI=1S/C27H34FN3O4S/c1-18-9-10-19(2)24(15-18)31(20(3)27(34)30-22-7-5-4-6-8-22)26(33)17-36(35)16-25(32)29-23-13-11-21(28)12-14-23/h9-15,20,22H,4-8,16-17H2,1-3H3,(H,29,32)(H,30,34)/t20-,36+/m1/s1. The second kappa shape index (κ2) is 12.8. The number of nitrogens with zero attached hydrogens (tertiary/aromatic N) is 1. The Labute approximate surface area is 214 Å². The van der Waals surface area contributed by atoms with Crippen LogP contribution in [0.2, 0.25) is 0 Å². The van der Waals surface area contributed by atoms with Gasteiger partial charge in [-0.15, -0.1) is 0 Å². The van der Waals surface area contributed by atoms with E-state index in [4.69, 9.17) is 0 Å². The van der Waals surface area contributed by atoms with E-state index >= 15 is 0 Å². The van der Waals surface area contributed by atoms with E-state index in [0.29, 0.717) is 11.4 Å². The fraction of sp³-hybridized carbons (Fsp3) is 0.444. The van der Waals surface area contributed by atoms with Gasteiger partial charge in [-0.05, 0) is 75.1 Å². The van der Waals surface area contributed by atoms with E-state index in [1.165, 1.54) is 29.2 Å². The second-order valence-corrected chi connectivity index (χ2v) is 10.8. The van der Waals surface area contributed by atoms with Gasteiger partial charge in [0.1, 0.15) is 23.4 Å². The van der Waals surface area contributed by atoms with Crippen LogP contribution in [0.1, 0.15) is 50.2 Å². The Morgan fingerprint density at radius 1 is 1.03 bits per heavy atom. The molecule has 2 atom stereocenters. The van der Waals surface area contributed by atoms with Crippen LogP contribution < -0.4 is 15.5 Å². The highest BCUT2D eigenvalue weighted by atomic mass is 32.2. The Balaban J connectivity index is 1.72. The third-order valence-electron chi connectivity index (χ3n) is 6.32. The molecule has 0 unspecified atom stereocenters. The van der Waals surface area contributed by atoms with Crippen LogP contribution in [0.15, 0.2) is 42.5 Å². The molecule has 0 heterocycles. The van der Waals surface area contributed by atoms with Crippen molar-refractivity contribution in [3.8, 4) is 0 Å². The molecule has 9 heteroatoms. The highest BCUT2D eigenvalue weighted by Crippen LogP contribution is 2.25. The summed E-state index contributed by atoms with van der Waals surface area (Å²) >= 11 is 0. The fourth-order valence-corrected chi connectivity index (χ4v) is 5.24. The molecule has 0 spiro atoms. The lowest BCUT2D eigenvalue weighted by Crippen LogP contribution is -2.52. The van der Waals surface area contributed by atoms with Crippen LogP contribution in [0.5, 0.6) is 0 Å². The van der Waals surface area contributed by atoms with Crippen LogP contribution in [0.4, 0.5) is 15.8 Å². The molecule has 0 saturated heterocycles. The van der Waals surface area contributed by atoms with Gasteiger partial charge in [-0.25, -0.2) is 4.39 Å². The minimum atomic E-state index is -1.81. The topological polar surface area (TPSA) is 95.6 Å². The minimum Gasteiger partial charge on any atom is -0.352 e. The lowest BCUT2D eigenvalue weighted by atomic mass is 9.95. The van der Waals surface area contributed by atoms with Crippen LogP contribution in [0, 0.1) is 19.7 Å². The molecular weight excluding hydrogens is 481 g/mol. The summed E-state index contributed by atoms with van der Waals surface area (Å²) < 4.78 is 25.8. The largest absolute Gasteiger partial charge is 0.352 e. The molecule has 0 radical (unpaired) electrons. The zero-order chi connectivity index (χ0) is 26.2. The maximum absolute atomic E-state index is 13.4. The number of carbonyl (C=O) groups excluding carboxylic acids is 3. The normalized spacial score (nSPS) is 15.6. The predicted octanol–water partition coefficient (Wildman–Crippen LogP) is 4.00. The van der Waals surface area contributed by atoms with Gasteiger partial charge in [0, 0.05) is 28.2 Å². The maximum Gasteiger partial charge on any atom is 0.243 e. The first kappa shape index (κ1) is 27.5. The van der Waals surface area contributed by atoms with E-state index in [2.05, 4.69) is 10.6 Å². The van der Waals surface area contributed by atoms with Gasteiger partial charge in [0.05, 0.1) is 0 Å². The predicted molar refractivity (Wildman–Crippen MR) is 141 cm³/mol. The number of hydrogen-bond acceptors (Lipinski definition) is 4. The second-order valence-electron chi connectivity index (χ2n) is 9.36. The van der Waals surface area contributed by atoms with Crippen LogP contribution in [0.3, 0.4) is 0 Å². The molecule has 2 aromatic rings. The summed E-state index contributed by atoms with van der Waals surface area (Å²) in [6.07, 6.45) is 5.14. The maximum atomic E-state index is 13.4. The smallest absolute Gasteiger partial charge is 0.243 e. The summed E-state index contributed by atoms with van der Waals surface area (Å²) in [4.78, 5) is 40.3. The van der Waals surface area contributed by atoms with E-state index in [-0.39, 0.29) is 11.9 Å². The van der Waals surface area contributed by atoms with Crippen molar-refractivity contribution in [2.24, 2.45) is 0 Å². The fourth-order valence-electron chi connectivity index (χ4n) is 4.36. The SMILES string of the molecule is Cc1ccc(C)c(N(C(=O)C[S@@](=O)CC(=O)Nc2ccc(F)cc2)[C@H](C)C(=O)NC2CCCCC2)c1. The molecule has 0 aliphatic heterocycles. The van der Waals surface area contributed by atoms with Gasteiger partial charge < -0.3 is 10.6 Å². The van der Waals surface area contributed by atoms with Crippen LogP contribution in [-0.2, 0) is 25.2 Å². The quantitative estimate of drug-likeness (QED) is 0.528. The van der Waals surface area contributed by atoms with Crippen molar-refractivity contribution < 1.29 is 23.0 Å². The summed E-state index contributed by atoms with van der Waals surface area (Å²) in [7, 11) is -1.81. The summed E-state index contributed by atoms with van der Waals surface area (Å²) in [5.74, 6) is -2.54. The van der Waals surface area contributed by atoms with Crippen LogP contribution in [-0.4, -0.2) is 45.5 Å². The van der Waals surface area contributed by atoms with Gasteiger partial charge in [-0.3, -0.25) is 23.5 Å². The molecule has 194 valence electrons. The molecule has 3 rings (SSSR count). The number of amides is 3. The summed E-state index contributed by atoms with van der Waals surface area (Å²) in [5.41, 5.74) is 2.69. The van der Waals surface area contributed by atoms with Crippen LogP contribution >= 0.6 is 0 Å². The zero-order valence-corrected chi connectivity index (χ0v) is 21.8. The van der Waals surface area contributed by atoms with Gasteiger partial charge in [0.15, 0.2) is 0 Å². The number of halogens is 1. The van der Waals surface area contributed by atoms with E-state index in [9.17, 15) is 23.0 Å². The minimum absolute atomic E-state index is 0.0912. The summed E-state index contributed by atoms with van der Waals surface area (Å²) in [6.45, 7) is 5.42. The first-order valence-electron chi connectivity index (χ1n) is 12.2. The number of hydrogen-bond donors (Lipinski definition) is 2. The Hall–Kier alpha value is -3.07. The summed E-state index contributed by atoms with van der Waals surface area (Å²) in [6, 6.07) is 10.1. The highest BCUT2D eigenvalue weighted by molar-refractivity contribution is 7.86. The zero-order valence-electron chi connectivity index (χ0n) is 21.0. The molecule has 36 heavy (non-hydrogen) atoms. The van der Waals surface area contributed by atoms with Gasteiger partial charge in [-0.2, -0.15) is 0 Å².